The Labute approximate surface area is 121 Å². The molecule has 0 unspecified atom stereocenters. The van der Waals surface area contributed by atoms with Gasteiger partial charge < -0.3 is 0 Å². The summed E-state index contributed by atoms with van der Waals surface area (Å²) in [5.41, 5.74) is 1.68. The highest BCUT2D eigenvalue weighted by molar-refractivity contribution is 6.31. The first kappa shape index (κ1) is 12.9. The molecule has 0 saturated carbocycles. The molecule has 0 bridgehead atoms. The molecule has 3 nitrogen and oxygen atoms in total. The van der Waals surface area contributed by atoms with Crippen LogP contribution in [-0.4, -0.2) is 16.7 Å². The Morgan fingerprint density at radius 3 is 1.95 bits per heavy atom. The average molecular weight is 286 g/mol. The van der Waals surface area contributed by atoms with Crippen molar-refractivity contribution in [2.75, 3.05) is 0 Å². The Hall–Kier alpha value is -2.13. The van der Waals surface area contributed by atoms with Crippen LogP contribution in [0.4, 0.5) is 0 Å². The molecule has 2 aromatic carbocycles. The number of rotatable bonds is 2. The van der Waals surface area contributed by atoms with Crippen LogP contribution in [-0.2, 0) is 0 Å². The van der Waals surface area contributed by atoms with Gasteiger partial charge in [-0.25, -0.2) is 0 Å². The summed E-state index contributed by atoms with van der Waals surface area (Å²) in [6, 6.07) is 13.7. The van der Waals surface area contributed by atoms with E-state index in [1.807, 2.05) is 25.1 Å². The van der Waals surface area contributed by atoms with Crippen molar-refractivity contribution >= 4 is 23.4 Å². The molecule has 1 aliphatic rings. The van der Waals surface area contributed by atoms with Crippen LogP contribution in [0.1, 0.15) is 39.2 Å². The van der Waals surface area contributed by atoms with Gasteiger partial charge in [-0.05, 0) is 30.7 Å². The lowest BCUT2D eigenvalue weighted by Crippen LogP contribution is -2.32. The zero-order valence-corrected chi connectivity index (χ0v) is 11.6. The summed E-state index contributed by atoms with van der Waals surface area (Å²) in [7, 11) is 0. The molecule has 1 atom stereocenters. The predicted molar refractivity (Wildman–Crippen MR) is 76.8 cm³/mol. The SMILES string of the molecule is C[C@H](c1ccccc1Cl)N1C(=O)c2ccccc2C1=O. The number of carbonyl (C=O) groups is 2. The van der Waals surface area contributed by atoms with Crippen LogP contribution in [0.2, 0.25) is 5.02 Å². The van der Waals surface area contributed by atoms with Crippen LogP contribution in [0.15, 0.2) is 48.5 Å². The standard InChI is InChI=1S/C16H12ClNO2/c1-10(11-6-4-5-9-14(11)17)18-15(19)12-7-2-3-8-13(12)16(18)20/h2-10H,1H3/t10-/m1/s1. The van der Waals surface area contributed by atoms with Gasteiger partial charge in [0, 0.05) is 5.02 Å². The minimum Gasteiger partial charge on any atom is -0.269 e. The van der Waals surface area contributed by atoms with Gasteiger partial charge in [0.25, 0.3) is 11.8 Å². The summed E-state index contributed by atoms with van der Waals surface area (Å²) < 4.78 is 0. The molecule has 1 heterocycles. The van der Waals surface area contributed by atoms with E-state index in [1.54, 1.807) is 30.3 Å². The van der Waals surface area contributed by atoms with Gasteiger partial charge >= 0.3 is 0 Å². The van der Waals surface area contributed by atoms with E-state index in [4.69, 9.17) is 11.6 Å². The van der Waals surface area contributed by atoms with E-state index in [9.17, 15) is 9.59 Å². The molecule has 0 radical (unpaired) electrons. The van der Waals surface area contributed by atoms with Crippen LogP contribution in [0, 0.1) is 0 Å². The van der Waals surface area contributed by atoms with E-state index in [-0.39, 0.29) is 11.8 Å². The highest BCUT2D eigenvalue weighted by Crippen LogP contribution is 2.33. The van der Waals surface area contributed by atoms with Crippen molar-refractivity contribution in [1.82, 2.24) is 4.90 Å². The third kappa shape index (κ3) is 1.82. The van der Waals surface area contributed by atoms with E-state index < -0.39 is 6.04 Å². The highest BCUT2D eigenvalue weighted by atomic mass is 35.5. The second kappa shape index (κ2) is 4.76. The molecule has 0 N–H and O–H groups in total. The van der Waals surface area contributed by atoms with Crippen molar-refractivity contribution in [3.8, 4) is 0 Å². The molecule has 2 aromatic rings. The van der Waals surface area contributed by atoms with Crippen LogP contribution >= 0.6 is 11.6 Å². The van der Waals surface area contributed by atoms with Crippen molar-refractivity contribution in [2.45, 2.75) is 13.0 Å². The van der Waals surface area contributed by atoms with E-state index in [0.29, 0.717) is 16.1 Å². The second-order valence-corrected chi connectivity index (χ2v) is 5.13. The number of fused-ring (bicyclic) bond motifs is 1. The second-order valence-electron chi connectivity index (χ2n) is 4.72. The lowest BCUT2D eigenvalue weighted by molar-refractivity contribution is 0.0595. The molecule has 0 fully saturated rings. The number of halogens is 1. The largest absolute Gasteiger partial charge is 0.269 e. The predicted octanol–water partition coefficient (Wildman–Crippen LogP) is 3.70. The van der Waals surface area contributed by atoms with Crippen LogP contribution in [0.3, 0.4) is 0 Å². The molecule has 1 aliphatic heterocycles. The number of amides is 2. The summed E-state index contributed by atoms with van der Waals surface area (Å²) in [5, 5.41) is 0.552. The zero-order valence-electron chi connectivity index (χ0n) is 10.8. The van der Waals surface area contributed by atoms with E-state index in [2.05, 4.69) is 0 Å². The van der Waals surface area contributed by atoms with Crippen molar-refractivity contribution in [3.63, 3.8) is 0 Å². The molecule has 0 aliphatic carbocycles. The van der Waals surface area contributed by atoms with Crippen LogP contribution in [0.25, 0.3) is 0 Å². The molecule has 2 amide bonds. The monoisotopic (exact) mass is 285 g/mol. The Balaban J connectivity index is 2.03. The lowest BCUT2D eigenvalue weighted by atomic mass is 10.1. The van der Waals surface area contributed by atoms with Crippen molar-refractivity contribution in [2.24, 2.45) is 0 Å². The molecule has 0 saturated heterocycles. The third-order valence-electron chi connectivity index (χ3n) is 3.57. The number of hydrogen-bond donors (Lipinski definition) is 0. The first-order chi connectivity index (χ1) is 9.61. The maximum absolute atomic E-state index is 12.4. The van der Waals surface area contributed by atoms with Gasteiger partial charge in [0.05, 0.1) is 17.2 Å². The quantitative estimate of drug-likeness (QED) is 0.789. The van der Waals surface area contributed by atoms with Crippen molar-refractivity contribution in [1.29, 1.82) is 0 Å². The first-order valence-corrected chi connectivity index (χ1v) is 6.70. The number of benzene rings is 2. The fourth-order valence-corrected chi connectivity index (χ4v) is 2.81. The number of hydrogen-bond acceptors (Lipinski definition) is 2. The molecular formula is C16H12ClNO2. The van der Waals surface area contributed by atoms with E-state index in [0.717, 1.165) is 5.56 Å². The van der Waals surface area contributed by atoms with Crippen molar-refractivity contribution < 1.29 is 9.59 Å². The zero-order chi connectivity index (χ0) is 14.3. The van der Waals surface area contributed by atoms with Gasteiger partial charge in [-0.2, -0.15) is 0 Å². The summed E-state index contributed by atoms with van der Waals surface area (Å²) in [5.74, 6) is -0.531. The topological polar surface area (TPSA) is 37.4 Å². The molecule has 20 heavy (non-hydrogen) atoms. The van der Waals surface area contributed by atoms with E-state index >= 15 is 0 Å². The summed E-state index contributed by atoms with van der Waals surface area (Å²) in [6.07, 6.45) is 0. The number of nitrogens with zero attached hydrogens (tertiary/aromatic N) is 1. The average Bonchev–Trinajstić information content (AvgIpc) is 2.71. The third-order valence-corrected chi connectivity index (χ3v) is 3.91. The van der Waals surface area contributed by atoms with Gasteiger partial charge in [0.15, 0.2) is 0 Å². The Morgan fingerprint density at radius 2 is 1.40 bits per heavy atom. The molecule has 0 spiro atoms. The molecule has 100 valence electrons. The molecule has 4 heteroatoms. The van der Waals surface area contributed by atoms with Gasteiger partial charge in [-0.15, -0.1) is 0 Å². The molecular weight excluding hydrogens is 274 g/mol. The normalized spacial score (nSPS) is 15.4. The van der Waals surface area contributed by atoms with E-state index in [1.165, 1.54) is 4.90 Å². The Morgan fingerprint density at radius 1 is 0.900 bits per heavy atom. The first-order valence-electron chi connectivity index (χ1n) is 6.32. The molecule has 0 aromatic heterocycles. The lowest BCUT2D eigenvalue weighted by Gasteiger charge is -2.23. The summed E-state index contributed by atoms with van der Waals surface area (Å²) in [6.45, 7) is 1.81. The fraction of sp³-hybridized carbons (Fsp3) is 0.125. The minimum absolute atomic E-state index is 0.266. The van der Waals surface area contributed by atoms with Gasteiger partial charge in [0.1, 0.15) is 0 Å². The van der Waals surface area contributed by atoms with Gasteiger partial charge in [-0.1, -0.05) is 41.9 Å². The number of imide groups is 1. The minimum atomic E-state index is -0.393. The maximum atomic E-state index is 12.4. The fourth-order valence-electron chi connectivity index (χ4n) is 2.51. The van der Waals surface area contributed by atoms with Gasteiger partial charge in [0.2, 0.25) is 0 Å². The van der Waals surface area contributed by atoms with Crippen LogP contribution < -0.4 is 0 Å². The summed E-state index contributed by atoms with van der Waals surface area (Å²) >= 11 is 6.15. The van der Waals surface area contributed by atoms with Crippen molar-refractivity contribution in [3.05, 3.63) is 70.2 Å². The van der Waals surface area contributed by atoms with Gasteiger partial charge in [-0.3, -0.25) is 14.5 Å². The summed E-state index contributed by atoms with van der Waals surface area (Å²) in [4.78, 5) is 26.1. The maximum Gasteiger partial charge on any atom is 0.262 e. The molecule has 3 rings (SSSR count). The Kier molecular flexibility index (Phi) is 3.07. The smallest absolute Gasteiger partial charge is 0.262 e. The van der Waals surface area contributed by atoms with Crippen LogP contribution in [0.5, 0.6) is 0 Å². The number of carbonyl (C=O) groups excluding carboxylic acids is 2. The highest BCUT2D eigenvalue weighted by Gasteiger charge is 2.38. The Bertz CT molecular complexity index is 676.